The van der Waals surface area contributed by atoms with Gasteiger partial charge in [-0.05, 0) is 37.3 Å². The fourth-order valence-corrected chi connectivity index (χ4v) is 3.53. The number of nitrogens with two attached hydrogens (primary N) is 1. The lowest BCUT2D eigenvalue weighted by Crippen LogP contribution is -2.27. The molecule has 0 bridgehead atoms. The van der Waals surface area contributed by atoms with E-state index in [0.717, 1.165) is 6.26 Å². The first kappa shape index (κ1) is 17.6. The molecule has 3 rings (SSSR count). The van der Waals surface area contributed by atoms with Gasteiger partial charge >= 0.3 is 0 Å². The first-order valence-electron chi connectivity index (χ1n) is 7.47. The van der Waals surface area contributed by atoms with Gasteiger partial charge in [-0.3, -0.25) is 9.36 Å². The fraction of sp³-hybridized carbons (Fsp3) is 0.176. The Labute approximate surface area is 149 Å². The van der Waals surface area contributed by atoms with Crippen LogP contribution in [0.1, 0.15) is 18.8 Å². The number of hydrogen-bond acceptors (Lipinski definition) is 5. The first-order chi connectivity index (χ1) is 11.7. The molecule has 6 nitrogen and oxygen atoms in total. The molecule has 130 valence electrons. The van der Waals surface area contributed by atoms with Gasteiger partial charge in [0.2, 0.25) is 0 Å². The number of sulfone groups is 1. The van der Waals surface area contributed by atoms with Crippen molar-refractivity contribution in [1.29, 1.82) is 0 Å². The molecular weight excluding hydrogens is 362 g/mol. The molecule has 1 aromatic heterocycles. The summed E-state index contributed by atoms with van der Waals surface area (Å²) >= 11 is 6.18. The molecule has 0 radical (unpaired) electrons. The standard InChI is InChI=1S/C17H16ClN3O3S/c1-10(19)16-20-14-8-4-7-13(18)15(14)17(22)21(16)11-5-3-6-12(9-11)25(2,23)24/h3-10H,19H2,1-2H3/t10-/m0/s1. The average molecular weight is 378 g/mol. The maximum atomic E-state index is 13.1. The first-order valence-corrected chi connectivity index (χ1v) is 9.74. The van der Waals surface area contributed by atoms with Crippen molar-refractivity contribution in [2.75, 3.05) is 6.26 Å². The zero-order chi connectivity index (χ0) is 18.4. The van der Waals surface area contributed by atoms with Crippen molar-refractivity contribution in [3.05, 3.63) is 63.7 Å². The van der Waals surface area contributed by atoms with Gasteiger partial charge in [0.15, 0.2) is 9.84 Å². The lowest BCUT2D eigenvalue weighted by molar-refractivity contribution is 0.601. The Kier molecular flexibility index (Phi) is 4.40. The third-order valence-electron chi connectivity index (χ3n) is 3.78. The molecule has 1 heterocycles. The third kappa shape index (κ3) is 3.18. The van der Waals surface area contributed by atoms with E-state index in [9.17, 15) is 13.2 Å². The summed E-state index contributed by atoms with van der Waals surface area (Å²) in [6.07, 6.45) is 1.11. The Morgan fingerprint density at radius 3 is 2.52 bits per heavy atom. The van der Waals surface area contributed by atoms with Crippen molar-refractivity contribution < 1.29 is 8.42 Å². The second kappa shape index (κ2) is 6.25. The molecule has 2 aromatic carbocycles. The van der Waals surface area contributed by atoms with Crippen LogP contribution in [0.15, 0.2) is 52.2 Å². The van der Waals surface area contributed by atoms with E-state index in [-0.39, 0.29) is 15.3 Å². The van der Waals surface area contributed by atoms with Crippen molar-refractivity contribution >= 4 is 32.3 Å². The minimum atomic E-state index is -3.42. The van der Waals surface area contributed by atoms with E-state index in [4.69, 9.17) is 17.3 Å². The van der Waals surface area contributed by atoms with E-state index in [1.807, 2.05) is 0 Å². The van der Waals surface area contributed by atoms with Crippen LogP contribution in [-0.4, -0.2) is 24.2 Å². The summed E-state index contributed by atoms with van der Waals surface area (Å²) in [6, 6.07) is 10.5. The molecular formula is C17H16ClN3O3S. The molecule has 0 fully saturated rings. The molecule has 0 aliphatic carbocycles. The highest BCUT2D eigenvalue weighted by Gasteiger charge is 2.18. The molecule has 3 aromatic rings. The second-order valence-corrected chi connectivity index (χ2v) is 8.23. The van der Waals surface area contributed by atoms with Gasteiger partial charge in [-0.15, -0.1) is 0 Å². The van der Waals surface area contributed by atoms with Crippen molar-refractivity contribution in [2.24, 2.45) is 5.73 Å². The summed E-state index contributed by atoms with van der Waals surface area (Å²) in [6.45, 7) is 1.70. The number of fused-ring (bicyclic) bond motifs is 1. The predicted octanol–water partition coefficient (Wildman–Crippen LogP) is 2.46. The van der Waals surface area contributed by atoms with Crippen molar-refractivity contribution in [3.8, 4) is 5.69 Å². The highest BCUT2D eigenvalue weighted by molar-refractivity contribution is 7.90. The molecule has 0 unspecified atom stereocenters. The van der Waals surface area contributed by atoms with Crippen LogP contribution in [0.5, 0.6) is 0 Å². The van der Waals surface area contributed by atoms with E-state index >= 15 is 0 Å². The summed E-state index contributed by atoms with van der Waals surface area (Å²) in [5, 5.41) is 0.539. The number of aromatic nitrogens is 2. The number of halogens is 1. The Morgan fingerprint density at radius 1 is 1.20 bits per heavy atom. The molecule has 0 saturated carbocycles. The summed E-state index contributed by atoms with van der Waals surface area (Å²) in [4.78, 5) is 17.6. The Hall–Kier alpha value is -2.22. The van der Waals surface area contributed by atoms with E-state index in [2.05, 4.69) is 4.98 Å². The molecule has 0 amide bonds. The van der Waals surface area contributed by atoms with Crippen LogP contribution in [0.25, 0.3) is 16.6 Å². The van der Waals surface area contributed by atoms with Crippen LogP contribution < -0.4 is 11.3 Å². The second-order valence-electron chi connectivity index (χ2n) is 5.80. The minimum absolute atomic E-state index is 0.104. The van der Waals surface area contributed by atoms with Crippen LogP contribution in [0.4, 0.5) is 0 Å². The smallest absolute Gasteiger partial charge is 0.267 e. The highest BCUT2D eigenvalue weighted by Crippen LogP contribution is 2.23. The molecule has 1 atom stereocenters. The number of nitrogens with zero attached hydrogens (tertiary/aromatic N) is 2. The number of rotatable bonds is 3. The molecule has 0 saturated heterocycles. The van der Waals surface area contributed by atoms with Gasteiger partial charge in [0.25, 0.3) is 5.56 Å². The topological polar surface area (TPSA) is 95.0 Å². The molecule has 25 heavy (non-hydrogen) atoms. The zero-order valence-corrected chi connectivity index (χ0v) is 15.2. The summed E-state index contributed by atoms with van der Waals surface area (Å²) in [5.41, 5.74) is 6.42. The predicted molar refractivity (Wildman–Crippen MR) is 98.1 cm³/mol. The van der Waals surface area contributed by atoms with Crippen LogP contribution in [-0.2, 0) is 9.84 Å². The molecule has 0 spiro atoms. The van der Waals surface area contributed by atoms with Gasteiger partial charge in [-0.25, -0.2) is 13.4 Å². The summed E-state index contributed by atoms with van der Waals surface area (Å²) in [7, 11) is -3.42. The number of benzene rings is 2. The molecule has 0 aliphatic rings. The average Bonchev–Trinajstić information content (AvgIpc) is 2.53. The Balaban J connectivity index is 2.44. The summed E-state index contributed by atoms with van der Waals surface area (Å²) < 4.78 is 25.0. The van der Waals surface area contributed by atoms with E-state index in [1.54, 1.807) is 37.3 Å². The van der Waals surface area contributed by atoms with Crippen molar-refractivity contribution in [3.63, 3.8) is 0 Å². The van der Waals surface area contributed by atoms with Crippen LogP contribution in [0, 0.1) is 0 Å². The van der Waals surface area contributed by atoms with Gasteiger partial charge in [-0.1, -0.05) is 23.7 Å². The van der Waals surface area contributed by atoms with Gasteiger partial charge in [0.1, 0.15) is 5.82 Å². The Bertz CT molecular complexity index is 1140. The third-order valence-corrected chi connectivity index (χ3v) is 5.21. The van der Waals surface area contributed by atoms with E-state index in [0.29, 0.717) is 17.0 Å². The lowest BCUT2D eigenvalue weighted by Gasteiger charge is -2.16. The maximum absolute atomic E-state index is 13.1. The lowest BCUT2D eigenvalue weighted by atomic mass is 10.2. The largest absolute Gasteiger partial charge is 0.322 e. The van der Waals surface area contributed by atoms with Crippen LogP contribution in [0.2, 0.25) is 5.02 Å². The summed E-state index contributed by atoms with van der Waals surface area (Å²) in [5.74, 6) is 0.324. The highest BCUT2D eigenvalue weighted by atomic mass is 35.5. The maximum Gasteiger partial charge on any atom is 0.267 e. The van der Waals surface area contributed by atoms with Crippen LogP contribution >= 0.6 is 11.6 Å². The Morgan fingerprint density at radius 2 is 1.88 bits per heavy atom. The van der Waals surface area contributed by atoms with Gasteiger partial charge in [0.05, 0.1) is 32.6 Å². The molecule has 2 N–H and O–H groups in total. The SMILES string of the molecule is C[C@H](N)c1nc2cccc(Cl)c2c(=O)n1-c1cccc(S(C)(=O)=O)c1. The van der Waals surface area contributed by atoms with Gasteiger partial charge in [0, 0.05) is 6.26 Å². The van der Waals surface area contributed by atoms with Crippen molar-refractivity contribution in [1.82, 2.24) is 9.55 Å². The van der Waals surface area contributed by atoms with Crippen LogP contribution in [0.3, 0.4) is 0 Å². The minimum Gasteiger partial charge on any atom is -0.322 e. The zero-order valence-electron chi connectivity index (χ0n) is 13.6. The molecule has 0 aliphatic heterocycles. The fourth-order valence-electron chi connectivity index (χ4n) is 2.62. The van der Waals surface area contributed by atoms with E-state index < -0.39 is 21.4 Å². The quantitative estimate of drug-likeness (QED) is 0.756. The number of hydrogen-bond donors (Lipinski definition) is 1. The monoisotopic (exact) mass is 377 g/mol. The van der Waals surface area contributed by atoms with Gasteiger partial charge in [-0.2, -0.15) is 0 Å². The normalized spacial score (nSPS) is 13.1. The van der Waals surface area contributed by atoms with Gasteiger partial charge < -0.3 is 5.73 Å². The molecule has 8 heteroatoms. The van der Waals surface area contributed by atoms with E-state index in [1.165, 1.54) is 16.7 Å². The van der Waals surface area contributed by atoms with Crippen molar-refractivity contribution in [2.45, 2.75) is 17.9 Å².